The van der Waals surface area contributed by atoms with E-state index in [9.17, 15) is 0 Å². The minimum atomic E-state index is 0.876. The van der Waals surface area contributed by atoms with Crippen molar-refractivity contribution in [2.45, 2.75) is 52.0 Å². The molecule has 0 radical (unpaired) electrons. The Balaban J connectivity index is 1.93. The van der Waals surface area contributed by atoms with E-state index >= 15 is 0 Å². The molecule has 1 rings (SSSR count). The number of rotatable bonds is 9. The quantitative estimate of drug-likeness (QED) is 0.572. The predicted molar refractivity (Wildman–Crippen MR) is 62.7 cm³/mol. The van der Waals surface area contributed by atoms with Crippen molar-refractivity contribution in [2.75, 3.05) is 26.2 Å². The molecule has 0 spiro atoms. The molecule has 0 bridgehead atoms. The molecule has 0 aliphatic heterocycles. The molecule has 0 aromatic rings. The van der Waals surface area contributed by atoms with Crippen molar-refractivity contribution < 1.29 is 0 Å². The van der Waals surface area contributed by atoms with Gasteiger partial charge in [0.25, 0.3) is 0 Å². The minimum absolute atomic E-state index is 0.876. The molecule has 1 N–H and O–H groups in total. The molecule has 1 saturated carbocycles. The zero-order valence-corrected chi connectivity index (χ0v) is 9.89. The summed E-state index contributed by atoms with van der Waals surface area (Å²) < 4.78 is 0. The van der Waals surface area contributed by atoms with Crippen molar-refractivity contribution in [1.82, 2.24) is 10.2 Å². The first-order valence-corrected chi connectivity index (χ1v) is 6.32. The number of nitrogens with zero attached hydrogens (tertiary/aromatic N) is 1. The molecule has 1 aliphatic rings. The monoisotopic (exact) mass is 198 g/mol. The van der Waals surface area contributed by atoms with Gasteiger partial charge in [-0.1, -0.05) is 13.8 Å². The van der Waals surface area contributed by atoms with Gasteiger partial charge < -0.3 is 10.2 Å². The Kier molecular flexibility index (Phi) is 6.20. The van der Waals surface area contributed by atoms with E-state index in [4.69, 9.17) is 0 Å². The summed E-state index contributed by atoms with van der Waals surface area (Å²) in [7, 11) is 0. The summed E-state index contributed by atoms with van der Waals surface area (Å²) in [5.74, 6) is 0. The molecule has 0 saturated heterocycles. The molecule has 0 unspecified atom stereocenters. The molecular formula is C12H26N2. The SMILES string of the molecule is CCCN(CCC)CCCNC1CC1. The standard InChI is InChI=1S/C12H26N2/c1-3-9-14(10-4-2)11-5-8-13-12-6-7-12/h12-13H,3-11H2,1-2H3. The highest BCUT2D eigenvalue weighted by Crippen LogP contribution is 2.18. The average Bonchev–Trinajstić information content (AvgIpc) is 2.96. The zero-order valence-electron chi connectivity index (χ0n) is 9.89. The Morgan fingerprint density at radius 1 is 1.07 bits per heavy atom. The van der Waals surface area contributed by atoms with Crippen molar-refractivity contribution in [3.63, 3.8) is 0 Å². The van der Waals surface area contributed by atoms with Crippen LogP contribution >= 0.6 is 0 Å². The summed E-state index contributed by atoms with van der Waals surface area (Å²) in [6.45, 7) is 9.58. The predicted octanol–water partition coefficient (Wildman–Crippen LogP) is 2.25. The zero-order chi connectivity index (χ0) is 10.2. The Bertz CT molecular complexity index is 126. The Morgan fingerprint density at radius 2 is 1.71 bits per heavy atom. The van der Waals surface area contributed by atoms with E-state index in [0.717, 1.165) is 6.04 Å². The Morgan fingerprint density at radius 3 is 2.21 bits per heavy atom. The molecule has 0 atom stereocenters. The molecule has 84 valence electrons. The van der Waals surface area contributed by atoms with Crippen molar-refractivity contribution >= 4 is 0 Å². The van der Waals surface area contributed by atoms with Gasteiger partial charge in [-0.15, -0.1) is 0 Å². The summed E-state index contributed by atoms with van der Waals surface area (Å²) in [5, 5.41) is 3.57. The largest absolute Gasteiger partial charge is 0.314 e. The molecule has 2 nitrogen and oxygen atoms in total. The van der Waals surface area contributed by atoms with Crippen LogP contribution in [0.1, 0.15) is 46.0 Å². The summed E-state index contributed by atoms with van der Waals surface area (Å²) in [6.07, 6.45) is 6.71. The highest BCUT2D eigenvalue weighted by atomic mass is 15.1. The highest BCUT2D eigenvalue weighted by Gasteiger charge is 2.19. The van der Waals surface area contributed by atoms with E-state index in [-0.39, 0.29) is 0 Å². The lowest BCUT2D eigenvalue weighted by Crippen LogP contribution is -2.29. The topological polar surface area (TPSA) is 15.3 Å². The molecule has 0 aromatic carbocycles. The van der Waals surface area contributed by atoms with Gasteiger partial charge in [-0.3, -0.25) is 0 Å². The van der Waals surface area contributed by atoms with Gasteiger partial charge in [0, 0.05) is 6.04 Å². The van der Waals surface area contributed by atoms with Crippen LogP contribution in [0, 0.1) is 0 Å². The van der Waals surface area contributed by atoms with E-state index in [1.165, 1.54) is 58.3 Å². The van der Waals surface area contributed by atoms with Gasteiger partial charge >= 0.3 is 0 Å². The highest BCUT2D eigenvalue weighted by molar-refractivity contribution is 4.80. The summed E-state index contributed by atoms with van der Waals surface area (Å²) in [6, 6.07) is 0.876. The molecule has 0 heterocycles. The second-order valence-electron chi connectivity index (χ2n) is 4.42. The molecule has 1 aliphatic carbocycles. The average molecular weight is 198 g/mol. The molecule has 1 fully saturated rings. The smallest absolute Gasteiger partial charge is 0.00682 e. The van der Waals surface area contributed by atoms with E-state index in [2.05, 4.69) is 24.1 Å². The van der Waals surface area contributed by atoms with Gasteiger partial charge in [0.05, 0.1) is 0 Å². The van der Waals surface area contributed by atoms with E-state index in [1.807, 2.05) is 0 Å². The second kappa shape index (κ2) is 7.24. The first-order valence-electron chi connectivity index (χ1n) is 6.32. The normalized spacial score (nSPS) is 16.5. The maximum absolute atomic E-state index is 3.57. The summed E-state index contributed by atoms with van der Waals surface area (Å²) in [4.78, 5) is 2.59. The molecule has 0 aromatic heterocycles. The number of nitrogens with one attached hydrogen (secondary N) is 1. The van der Waals surface area contributed by atoms with Crippen LogP contribution in [0.25, 0.3) is 0 Å². The van der Waals surface area contributed by atoms with E-state index < -0.39 is 0 Å². The fraction of sp³-hybridized carbons (Fsp3) is 1.00. The minimum Gasteiger partial charge on any atom is -0.314 e. The van der Waals surface area contributed by atoms with Crippen molar-refractivity contribution in [2.24, 2.45) is 0 Å². The fourth-order valence-electron chi connectivity index (χ4n) is 1.86. The van der Waals surface area contributed by atoms with Gasteiger partial charge in [-0.25, -0.2) is 0 Å². The molecule has 14 heavy (non-hydrogen) atoms. The lowest BCUT2D eigenvalue weighted by atomic mass is 10.3. The Labute approximate surface area is 89.1 Å². The summed E-state index contributed by atoms with van der Waals surface area (Å²) >= 11 is 0. The van der Waals surface area contributed by atoms with Crippen molar-refractivity contribution in [3.8, 4) is 0 Å². The van der Waals surface area contributed by atoms with Crippen LogP contribution in [0.5, 0.6) is 0 Å². The fourth-order valence-corrected chi connectivity index (χ4v) is 1.86. The van der Waals surface area contributed by atoms with Crippen molar-refractivity contribution in [1.29, 1.82) is 0 Å². The third kappa shape index (κ3) is 5.61. The van der Waals surface area contributed by atoms with Crippen molar-refractivity contribution in [3.05, 3.63) is 0 Å². The van der Waals surface area contributed by atoms with Crippen LogP contribution in [0.4, 0.5) is 0 Å². The Hall–Kier alpha value is -0.0800. The van der Waals surface area contributed by atoms with Crippen LogP contribution in [0.2, 0.25) is 0 Å². The van der Waals surface area contributed by atoms with Gasteiger partial charge in [0.2, 0.25) is 0 Å². The summed E-state index contributed by atoms with van der Waals surface area (Å²) in [5.41, 5.74) is 0. The van der Waals surface area contributed by atoms with Gasteiger partial charge in [0.1, 0.15) is 0 Å². The number of hydrogen-bond acceptors (Lipinski definition) is 2. The van der Waals surface area contributed by atoms with Crippen LogP contribution in [0.3, 0.4) is 0 Å². The molecular weight excluding hydrogens is 172 g/mol. The van der Waals surface area contributed by atoms with E-state index in [1.54, 1.807) is 0 Å². The first-order chi connectivity index (χ1) is 6.86. The lowest BCUT2D eigenvalue weighted by Gasteiger charge is -2.20. The third-order valence-corrected chi connectivity index (χ3v) is 2.74. The first kappa shape index (κ1) is 12.0. The van der Waals surface area contributed by atoms with Crippen LogP contribution < -0.4 is 5.32 Å². The van der Waals surface area contributed by atoms with Crippen LogP contribution in [0.15, 0.2) is 0 Å². The maximum atomic E-state index is 3.57. The number of hydrogen-bond donors (Lipinski definition) is 1. The van der Waals surface area contributed by atoms with Gasteiger partial charge in [-0.2, -0.15) is 0 Å². The van der Waals surface area contributed by atoms with Gasteiger partial charge in [0.15, 0.2) is 0 Å². The lowest BCUT2D eigenvalue weighted by molar-refractivity contribution is 0.270. The molecule has 0 amide bonds. The molecule has 2 heteroatoms. The third-order valence-electron chi connectivity index (χ3n) is 2.74. The van der Waals surface area contributed by atoms with Crippen LogP contribution in [-0.2, 0) is 0 Å². The maximum Gasteiger partial charge on any atom is 0.00682 e. The van der Waals surface area contributed by atoms with Gasteiger partial charge in [-0.05, 0) is 58.3 Å². The van der Waals surface area contributed by atoms with Crippen LogP contribution in [-0.4, -0.2) is 37.1 Å². The van der Waals surface area contributed by atoms with E-state index in [0.29, 0.717) is 0 Å². The second-order valence-corrected chi connectivity index (χ2v) is 4.42.